The molecule has 31 heavy (non-hydrogen) atoms. The van der Waals surface area contributed by atoms with E-state index in [0.29, 0.717) is 19.7 Å². The summed E-state index contributed by atoms with van der Waals surface area (Å²) in [6.07, 6.45) is 0.500. The molecule has 3 aromatic carbocycles. The fraction of sp³-hybridized carbons (Fsp3) is 0.370. The second kappa shape index (κ2) is 9.11. The van der Waals surface area contributed by atoms with Crippen LogP contribution in [0.15, 0.2) is 72.8 Å². The lowest BCUT2D eigenvalue weighted by molar-refractivity contribution is -0.0359. The van der Waals surface area contributed by atoms with Gasteiger partial charge < -0.3 is 14.4 Å². The SMILES string of the molecule is CC(C)(C)OC(=O)N1CCC(c2ccccc2)C(OCc2ccc3ccccc3c2)C1. The third-order valence-corrected chi connectivity index (χ3v) is 5.72. The first-order valence-electron chi connectivity index (χ1n) is 11.0. The maximum atomic E-state index is 12.7. The van der Waals surface area contributed by atoms with Gasteiger partial charge in [0.1, 0.15) is 5.60 Å². The van der Waals surface area contributed by atoms with Gasteiger partial charge in [0.15, 0.2) is 0 Å². The van der Waals surface area contributed by atoms with Crippen molar-refractivity contribution in [2.45, 2.75) is 51.4 Å². The summed E-state index contributed by atoms with van der Waals surface area (Å²) in [5.41, 5.74) is 1.89. The molecule has 0 bridgehead atoms. The number of likely N-dealkylation sites (tertiary alicyclic amines) is 1. The highest BCUT2D eigenvalue weighted by Gasteiger charge is 2.35. The molecule has 0 aliphatic carbocycles. The van der Waals surface area contributed by atoms with Gasteiger partial charge in [0.2, 0.25) is 0 Å². The first kappa shape index (κ1) is 21.4. The van der Waals surface area contributed by atoms with Gasteiger partial charge in [-0.1, -0.05) is 66.7 Å². The number of piperidine rings is 1. The summed E-state index contributed by atoms with van der Waals surface area (Å²) in [5, 5.41) is 2.43. The van der Waals surface area contributed by atoms with E-state index in [1.807, 2.05) is 26.8 Å². The van der Waals surface area contributed by atoms with Crippen molar-refractivity contribution in [3.05, 3.63) is 83.9 Å². The Kier molecular flexibility index (Phi) is 6.28. The monoisotopic (exact) mass is 417 g/mol. The summed E-state index contributed by atoms with van der Waals surface area (Å²) in [4.78, 5) is 14.5. The van der Waals surface area contributed by atoms with Crippen LogP contribution in [-0.4, -0.2) is 35.8 Å². The molecule has 4 nitrogen and oxygen atoms in total. The van der Waals surface area contributed by atoms with Crippen LogP contribution in [0, 0.1) is 0 Å². The second-order valence-electron chi connectivity index (χ2n) is 9.26. The summed E-state index contributed by atoms with van der Waals surface area (Å²) < 4.78 is 12.1. The molecular weight excluding hydrogens is 386 g/mol. The zero-order valence-electron chi connectivity index (χ0n) is 18.6. The fourth-order valence-electron chi connectivity index (χ4n) is 4.19. The Morgan fingerprint density at radius 1 is 0.968 bits per heavy atom. The highest BCUT2D eigenvalue weighted by molar-refractivity contribution is 5.82. The number of carbonyl (C=O) groups is 1. The Hall–Kier alpha value is -2.85. The van der Waals surface area contributed by atoms with E-state index in [2.05, 4.69) is 66.7 Å². The maximum absolute atomic E-state index is 12.7. The molecule has 1 aliphatic rings. The van der Waals surface area contributed by atoms with Gasteiger partial charge in [-0.2, -0.15) is 0 Å². The molecule has 1 aliphatic heterocycles. The number of amides is 1. The zero-order chi connectivity index (χ0) is 21.8. The molecule has 162 valence electrons. The summed E-state index contributed by atoms with van der Waals surface area (Å²) in [6.45, 7) is 7.41. The van der Waals surface area contributed by atoms with Crippen LogP contribution >= 0.6 is 0 Å². The predicted octanol–water partition coefficient (Wildman–Crippen LogP) is 6.15. The minimum Gasteiger partial charge on any atom is -0.444 e. The quantitative estimate of drug-likeness (QED) is 0.511. The van der Waals surface area contributed by atoms with Crippen LogP contribution in [-0.2, 0) is 16.1 Å². The number of carbonyl (C=O) groups excluding carboxylic acids is 1. The minimum absolute atomic E-state index is 0.0878. The van der Waals surface area contributed by atoms with Crippen LogP contribution in [0.2, 0.25) is 0 Å². The normalized spacial score (nSPS) is 19.4. The van der Waals surface area contributed by atoms with E-state index >= 15 is 0 Å². The van der Waals surface area contributed by atoms with E-state index in [0.717, 1.165) is 12.0 Å². The van der Waals surface area contributed by atoms with E-state index in [4.69, 9.17) is 9.47 Å². The van der Waals surface area contributed by atoms with E-state index in [-0.39, 0.29) is 18.1 Å². The predicted molar refractivity (Wildman–Crippen MR) is 124 cm³/mol. The number of nitrogens with zero attached hydrogens (tertiary/aromatic N) is 1. The molecule has 4 rings (SSSR count). The van der Waals surface area contributed by atoms with E-state index < -0.39 is 5.60 Å². The molecule has 2 atom stereocenters. The number of rotatable bonds is 4. The lowest BCUT2D eigenvalue weighted by Gasteiger charge is -2.39. The summed E-state index contributed by atoms with van der Waals surface area (Å²) in [5.74, 6) is 0.250. The van der Waals surface area contributed by atoms with E-state index in [9.17, 15) is 4.79 Å². The van der Waals surface area contributed by atoms with Crippen molar-refractivity contribution in [3.8, 4) is 0 Å². The lowest BCUT2D eigenvalue weighted by Crippen LogP contribution is -2.48. The van der Waals surface area contributed by atoms with Crippen molar-refractivity contribution in [1.29, 1.82) is 0 Å². The van der Waals surface area contributed by atoms with Crippen molar-refractivity contribution in [2.75, 3.05) is 13.1 Å². The van der Waals surface area contributed by atoms with Crippen molar-refractivity contribution in [3.63, 3.8) is 0 Å². The van der Waals surface area contributed by atoms with Gasteiger partial charge in [-0.15, -0.1) is 0 Å². The molecule has 3 aromatic rings. The molecule has 0 spiro atoms. The molecule has 0 radical (unpaired) electrons. The maximum Gasteiger partial charge on any atom is 0.410 e. The van der Waals surface area contributed by atoms with Gasteiger partial charge in [0.05, 0.1) is 19.3 Å². The number of ether oxygens (including phenoxy) is 2. The molecular formula is C27H31NO3. The van der Waals surface area contributed by atoms with Crippen LogP contribution in [0.25, 0.3) is 10.8 Å². The average Bonchev–Trinajstić information content (AvgIpc) is 2.77. The third-order valence-electron chi connectivity index (χ3n) is 5.72. The molecule has 1 fully saturated rings. The fourth-order valence-corrected chi connectivity index (χ4v) is 4.19. The smallest absolute Gasteiger partial charge is 0.410 e. The number of fused-ring (bicyclic) bond motifs is 1. The molecule has 1 saturated heterocycles. The van der Waals surface area contributed by atoms with Gasteiger partial charge in [-0.05, 0) is 55.2 Å². The first-order chi connectivity index (χ1) is 14.9. The van der Waals surface area contributed by atoms with Crippen LogP contribution in [0.4, 0.5) is 4.79 Å². The highest BCUT2D eigenvalue weighted by atomic mass is 16.6. The lowest BCUT2D eigenvalue weighted by atomic mass is 9.87. The van der Waals surface area contributed by atoms with Gasteiger partial charge in [-0.3, -0.25) is 0 Å². The highest BCUT2D eigenvalue weighted by Crippen LogP contribution is 2.32. The van der Waals surface area contributed by atoms with Crippen LogP contribution < -0.4 is 0 Å². The molecule has 1 amide bonds. The summed E-state index contributed by atoms with van der Waals surface area (Å²) in [6, 6.07) is 25.2. The Balaban J connectivity index is 1.50. The Labute approximate surface area is 184 Å². The molecule has 0 N–H and O–H groups in total. The Morgan fingerprint density at radius 2 is 1.68 bits per heavy atom. The Morgan fingerprint density at radius 3 is 2.42 bits per heavy atom. The number of hydrogen-bond donors (Lipinski definition) is 0. The largest absolute Gasteiger partial charge is 0.444 e. The summed E-state index contributed by atoms with van der Waals surface area (Å²) in [7, 11) is 0. The van der Waals surface area contributed by atoms with Gasteiger partial charge in [0, 0.05) is 12.5 Å². The first-order valence-corrected chi connectivity index (χ1v) is 11.0. The standard InChI is InChI=1S/C27H31NO3/c1-27(2,3)31-26(29)28-16-15-24(22-10-5-4-6-11-22)25(18-28)30-19-20-13-14-21-9-7-8-12-23(21)17-20/h4-14,17,24-25H,15-16,18-19H2,1-3H3. The van der Waals surface area contributed by atoms with Gasteiger partial charge in [0.25, 0.3) is 0 Å². The molecule has 4 heteroatoms. The molecule has 0 saturated carbocycles. The second-order valence-corrected chi connectivity index (χ2v) is 9.26. The van der Waals surface area contributed by atoms with Crippen molar-refractivity contribution >= 4 is 16.9 Å². The Bertz CT molecular complexity index is 1030. The minimum atomic E-state index is -0.505. The van der Waals surface area contributed by atoms with Crippen molar-refractivity contribution < 1.29 is 14.3 Å². The van der Waals surface area contributed by atoms with Gasteiger partial charge >= 0.3 is 6.09 Å². The van der Waals surface area contributed by atoms with Crippen LogP contribution in [0.5, 0.6) is 0 Å². The van der Waals surface area contributed by atoms with Gasteiger partial charge in [-0.25, -0.2) is 4.79 Å². The topological polar surface area (TPSA) is 38.8 Å². The number of benzene rings is 3. The van der Waals surface area contributed by atoms with Crippen LogP contribution in [0.1, 0.15) is 44.2 Å². The molecule has 0 aromatic heterocycles. The van der Waals surface area contributed by atoms with Crippen LogP contribution in [0.3, 0.4) is 0 Å². The zero-order valence-corrected chi connectivity index (χ0v) is 18.6. The average molecular weight is 418 g/mol. The van der Waals surface area contributed by atoms with E-state index in [1.165, 1.54) is 16.3 Å². The molecule has 2 unspecified atom stereocenters. The van der Waals surface area contributed by atoms with E-state index in [1.54, 1.807) is 4.90 Å². The molecule has 1 heterocycles. The summed E-state index contributed by atoms with van der Waals surface area (Å²) >= 11 is 0. The van der Waals surface area contributed by atoms with Crippen molar-refractivity contribution in [2.24, 2.45) is 0 Å². The number of hydrogen-bond acceptors (Lipinski definition) is 3. The van der Waals surface area contributed by atoms with Crippen molar-refractivity contribution in [1.82, 2.24) is 4.90 Å². The third kappa shape index (κ3) is 5.45.